The Hall–Kier alpha value is -2.81. The fourth-order valence-corrected chi connectivity index (χ4v) is 2.43. The van der Waals surface area contributed by atoms with Crippen molar-refractivity contribution in [2.75, 3.05) is 41.7 Å². The quantitative estimate of drug-likeness (QED) is 0.891. The second-order valence-electron chi connectivity index (χ2n) is 4.89. The van der Waals surface area contributed by atoms with Crippen LogP contribution in [0.15, 0.2) is 36.5 Å². The highest BCUT2D eigenvalue weighted by Gasteiger charge is 2.19. The zero-order valence-corrected chi connectivity index (χ0v) is 11.6. The van der Waals surface area contributed by atoms with Gasteiger partial charge in [0.15, 0.2) is 0 Å². The van der Waals surface area contributed by atoms with Crippen molar-refractivity contribution < 1.29 is 0 Å². The molecule has 2 aromatic rings. The lowest BCUT2D eigenvalue weighted by Gasteiger charge is -2.36. The van der Waals surface area contributed by atoms with Crippen LogP contribution in [0.4, 0.5) is 17.5 Å². The summed E-state index contributed by atoms with van der Waals surface area (Å²) in [5.74, 6) is 0.840. The van der Waals surface area contributed by atoms with Gasteiger partial charge in [-0.25, -0.2) is 4.98 Å². The van der Waals surface area contributed by atoms with Crippen molar-refractivity contribution in [3.05, 3.63) is 42.1 Å². The van der Waals surface area contributed by atoms with Crippen LogP contribution in [0.2, 0.25) is 0 Å². The molecule has 0 spiro atoms. The average molecular weight is 280 g/mol. The molecule has 1 aromatic carbocycles. The van der Waals surface area contributed by atoms with Crippen molar-refractivity contribution in [3.63, 3.8) is 0 Å². The predicted molar refractivity (Wildman–Crippen MR) is 82.0 cm³/mol. The van der Waals surface area contributed by atoms with E-state index in [1.54, 1.807) is 0 Å². The molecule has 1 aliphatic rings. The molecular weight excluding hydrogens is 264 g/mol. The number of nitrogen functional groups attached to an aromatic ring is 1. The third-order valence-electron chi connectivity index (χ3n) is 3.61. The number of nitrogens with zero attached hydrogens (tertiary/aromatic N) is 5. The van der Waals surface area contributed by atoms with Crippen LogP contribution in [0.5, 0.6) is 0 Å². The summed E-state index contributed by atoms with van der Waals surface area (Å²) in [7, 11) is 0. The number of anilines is 3. The predicted octanol–water partition coefficient (Wildman–Crippen LogP) is 1.26. The fourth-order valence-electron chi connectivity index (χ4n) is 2.43. The van der Waals surface area contributed by atoms with Crippen molar-refractivity contribution in [1.29, 1.82) is 5.26 Å². The van der Waals surface area contributed by atoms with E-state index in [4.69, 9.17) is 11.0 Å². The molecule has 0 radical (unpaired) electrons. The summed E-state index contributed by atoms with van der Waals surface area (Å²) in [4.78, 5) is 12.9. The number of hydrogen-bond donors (Lipinski definition) is 1. The molecule has 6 heteroatoms. The number of para-hydroxylation sites is 1. The van der Waals surface area contributed by atoms with Gasteiger partial charge in [-0.3, -0.25) is 0 Å². The van der Waals surface area contributed by atoms with Crippen molar-refractivity contribution in [2.45, 2.75) is 0 Å². The van der Waals surface area contributed by atoms with Crippen LogP contribution in [0, 0.1) is 11.3 Å². The Morgan fingerprint density at radius 2 is 1.71 bits per heavy atom. The molecule has 3 rings (SSSR count). The molecule has 1 saturated heterocycles. The standard InChI is InChI=1S/C15H16N6/c16-10-12-11-18-15(19-14(12)17)21-8-6-20(7-9-21)13-4-2-1-3-5-13/h1-5,11H,6-9H2,(H2,17,18,19). The van der Waals surface area contributed by atoms with Gasteiger partial charge in [0, 0.05) is 31.9 Å². The van der Waals surface area contributed by atoms with Gasteiger partial charge in [-0.05, 0) is 12.1 Å². The molecule has 0 aliphatic carbocycles. The third kappa shape index (κ3) is 2.72. The molecule has 0 amide bonds. The van der Waals surface area contributed by atoms with Crippen LogP contribution in [-0.4, -0.2) is 36.1 Å². The zero-order chi connectivity index (χ0) is 14.7. The summed E-state index contributed by atoms with van der Waals surface area (Å²) < 4.78 is 0. The maximum atomic E-state index is 8.85. The monoisotopic (exact) mass is 280 g/mol. The molecule has 0 bridgehead atoms. The number of hydrogen-bond acceptors (Lipinski definition) is 6. The number of aromatic nitrogens is 2. The van der Waals surface area contributed by atoms with Gasteiger partial charge in [-0.1, -0.05) is 18.2 Å². The minimum Gasteiger partial charge on any atom is -0.382 e. The van der Waals surface area contributed by atoms with Crippen LogP contribution in [0.3, 0.4) is 0 Å². The molecule has 0 saturated carbocycles. The Labute approximate surface area is 123 Å². The van der Waals surface area contributed by atoms with Gasteiger partial charge in [-0.2, -0.15) is 10.2 Å². The maximum absolute atomic E-state index is 8.85. The van der Waals surface area contributed by atoms with E-state index < -0.39 is 0 Å². The number of nitriles is 1. The summed E-state index contributed by atoms with van der Waals surface area (Å²) in [5, 5.41) is 8.85. The number of rotatable bonds is 2. The summed E-state index contributed by atoms with van der Waals surface area (Å²) >= 11 is 0. The Kier molecular flexibility index (Phi) is 3.56. The average Bonchev–Trinajstić information content (AvgIpc) is 2.56. The van der Waals surface area contributed by atoms with E-state index in [2.05, 4.69) is 31.9 Å². The smallest absolute Gasteiger partial charge is 0.227 e. The van der Waals surface area contributed by atoms with E-state index >= 15 is 0 Å². The first-order valence-corrected chi connectivity index (χ1v) is 6.85. The van der Waals surface area contributed by atoms with Gasteiger partial charge in [0.25, 0.3) is 0 Å². The van der Waals surface area contributed by atoms with Crippen molar-refractivity contribution in [2.24, 2.45) is 0 Å². The molecule has 21 heavy (non-hydrogen) atoms. The minimum absolute atomic E-state index is 0.244. The second kappa shape index (κ2) is 5.67. The first-order valence-electron chi connectivity index (χ1n) is 6.85. The van der Waals surface area contributed by atoms with Crippen LogP contribution < -0.4 is 15.5 Å². The summed E-state index contributed by atoms with van der Waals surface area (Å²) in [6.07, 6.45) is 1.49. The van der Waals surface area contributed by atoms with Gasteiger partial charge in [0.1, 0.15) is 17.5 Å². The molecule has 0 atom stereocenters. The molecule has 1 aromatic heterocycles. The van der Waals surface area contributed by atoms with E-state index in [-0.39, 0.29) is 5.82 Å². The summed E-state index contributed by atoms with van der Waals surface area (Å²) in [6.45, 7) is 3.49. The first-order chi connectivity index (χ1) is 10.3. The second-order valence-corrected chi connectivity index (χ2v) is 4.89. The zero-order valence-electron chi connectivity index (χ0n) is 11.6. The molecule has 6 nitrogen and oxygen atoms in total. The Bertz CT molecular complexity index is 656. The van der Waals surface area contributed by atoms with Gasteiger partial charge < -0.3 is 15.5 Å². The van der Waals surface area contributed by atoms with Crippen LogP contribution in [0.1, 0.15) is 5.56 Å². The SMILES string of the molecule is N#Cc1cnc(N2CCN(c3ccccc3)CC2)nc1N. The molecule has 106 valence electrons. The summed E-state index contributed by atoms with van der Waals surface area (Å²) in [6, 6.07) is 12.3. The maximum Gasteiger partial charge on any atom is 0.227 e. The van der Waals surface area contributed by atoms with Crippen LogP contribution >= 0.6 is 0 Å². The van der Waals surface area contributed by atoms with E-state index in [1.807, 2.05) is 24.3 Å². The number of piperazine rings is 1. The van der Waals surface area contributed by atoms with Crippen molar-refractivity contribution >= 4 is 17.5 Å². The first kappa shape index (κ1) is 13.2. The molecule has 1 aliphatic heterocycles. The lowest BCUT2D eigenvalue weighted by Crippen LogP contribution is -2.47. The highest BCUT2D eigenvalue weighted by Crippen LogP contribution is 2.19. The highest BCUT2D eigenvalue weighted by molar-refractivity contribution is 5.52. The fraction of sp³-hybridized carbons (Fsp3) is 0.267. The van der Waals surface area contributed by atoms with Gasteiger partial charge in [0.2, 0.25) is 5.95 Å². The van der Waals surface area contributed by atoms with Crippen molar-refractivity contribution in [3.8, 4) is 6.07 Å². The van der Waals surface area contributed by atoms with Crippen LogP contribution in [-0.2, 0) is 0 Å². The third-order valence-corrected chi connectivity index (χ3v) is 3.61. The lowest BCUT2D eigenvalue weighted by molar-refractivity contribution is 0.640. The van der Waals surface area contributed by atoms with Crippen LogP contribution in [0.25, 0.3) is 0 Å². The molecule has 1 fully saturated rings. The Balaban J connectivity index is 1.69. The normalized spacial score (nSPS) is 14.8. The lowest BCUT2D eigenvalue weighted by atomic mass is 10.2. The molecular formula is C15H16N6. The van der Waals surface area contributed by atoms with E-state index in [0.717, 1.165) is 26.2 Å². The summed E-state index contributed by atoms with van der Waals surface area (Å²) in [5.41, 5.74) is 7.30. The number of nitrogens with two attached hydrogens (primary N) is 1. The van der Waals surface area contributed by atoms with Gasteiger partial charge in [0.05, 0.1) is 6.20 Å². The van der Waals surface area contributed by atoms with E-state index in [0.29, 0.717) is 11.5 Å². The minimum atomic E-state index is 0.244. The Morgan fingerprint density at radius 1 is 1.05 bits per heavy atom. The largest absolute Gasteiger partial charge is 0.382 e. The molecule has 2 heterocycles. The van der Waals surface area contributed by atoms with Crippen molar-refractivity contribution in [1.82, 2.24) is 9.97 Å². The molecule has 0 unspecified atom stereocenters. The van der Waals surface area contributed by atoms with Gasteiger partial charge in [-0.15, -0.1) is 0 Å². The van der Waals surface area contributed by atoms with E-state index in [9.17, 15) is 0 Å². The van der Waals surface area contributed by atoms with Gasteiger partial charge >= 0.3 is 0 Å². The molecule has 2 N–H and O–H groups in total. The van der Waals surface area contributed by atoms with E-state index in [1.165, 1.54) is 11.9 Å². The highest BCUT2D eigenvalue weighted by atomic mass is 15.3. The topological polar surface area (TPSA) is 82.1 Å². The Morgan fingerprint density at radius 3 is 2.33 bits per heavy atom. The number of benzene rings is 1.